The van der Waals surface area contributed by atoms with E-state index in [2.05, 4.69) is 25.7 Å². The third-order valence-corrected chi connectivity index (χ3v) is 7.57. The number of carbonyl (C=O) groups excluding carboxylic acids is 1. The smallest absolute Gasteiger partial charge is 0.343 e. The summed E-state index contributed by atoms with van der Waals surface area (Å²) in [5.74, 6) is 2.11. The second-order valence-electron chi connectivity index (χ2n) is 9.73. The van der Waals surface area contributed by atoms with Crippen molar-refractivity contribution in [2.75, 3.05) is 0 Å². The Labute approximate surface area is 197 Å². The van der Waals surface area contributed by atoms with Gasteiger partial charge in [-0.05, 0) is 117 Å². The number of carbonyl (C=O) groups is 1. The molecule has 4 rings (SSSR count). The highest BCUT2D eigenvalue weighted by atomic mass is 19.1. The van der Waals surface area contributed by atoms with E-state index in [1.165, 1.54) is 31.7 Å². The van der Waals surface area contributed by atoms with Crippen LogP contribution in [0.5, 0.6) is 5.75 Å². The van der Waals surface area contributed by atoms with Crippen molar-refractivity contribution in [1.29, 1.82) is 0 Å². The summed E-state index contributed by atoms with van der Waals surface area (Å²) in [5, 5.41) is 0. The monoisotopic (exact) mass is 446 g/mol. The second-order valence-corrected chi connectivity index (χ2v) is 9.73. The lowest BCUT2D eigenvalue weighted by Gasteiger charge is -2.41. The molecule has 0 bridgehead atoms. The SMILES string of the molecule is C=CCCc1ccc(OC(=O)c2ccc(C3CCC4CC(/C=C/C)CCC4C3)c(F)c2)cc1. The molecule has 4 atom stereocenters. The van der Waals surface area contributed by atoms with Crippen molar-refractivity contribution in [2.24, 2.45) is 17.8 Å². The molecule has 0 amide bonds. The lowest BCUT2D eigenvalue weighted by molar-refractivity contribution is 0.0734. The van der Waals surface area contributed by atoms with E-state index in [0.717, 1.165) is 48.6 Å². The van der Waals surface area contributed by atoms with Crippen LogP contribution in [-0.2, 0) is 6.42 Å². The van der Waals surface area contributed by atoms with Gasteiger partial charge in [-0.1, -0.05) is 36.4 Å². The van der Waals surface area contributed by atoms with Gasteiger partial charge in [0.05, 0.1) is 5.56 Å². The maximum absolute atomic E-state index is 15.1. The van der Waals surface area contributed by atoms with Crippen LogP contribution in [0.3, 0.4) is 0 Å². The first-order valence-electron chi connectivity index (χ1n) is 12.4. The molecule has 0 saturated heterocycles. The van der Waals surface area contributed by atoms with Crippen LogP contribution in [0.1, 0.15) is 79.3 Å². The summed E-state index contributed by atoms with van der Waals surface area (Å²) in [4.78, 5) is 12.6. The molecule has 2 aliphatic carbocycles. The topological polar surface area (TPSA) is 26.3 Å². The van der Waals surface area contributed by atoms with Gasteiger partial charge in [0.1, 0.15) is 11.6 Å². The lowest BCUT2D eigenvalue weighted by Crippen LogP contribution is -2.30. The van der Waals surface area contributed by atoms with Gasteiger partial charge in [0.15, 0.2) is 0 Å². The molecular weight excluding hydrogens is 411 g/mol. The van der Waals surface area contributed by atoms with Gasteiger partial charge in [0.25, 0.3) is 0 Å². The molecule has 3 heteroatoms. The van der Waals surface area contributed by atoms with Gasteiger partial charge in [0, 0.05) is 0 Å². The maximum atomic E-state index is 15.1. The summed E-state index contributed by atoms with van der Waals surface area (Å²) in [6, 6.07) is 12.3. The zero-order valence-electron chi connectivity index (χ0n) is 19.6. The van der Waals surface area contributed by atoms with Crippen LogP contribution in [-0.4, -0.2) is 5.97 Å². The standard InChI is InChI=1S/C30H35FO2/c1-3-5-7-21-9-15-27(16-10-21)33-30(32)26-14-17-28(29(31)20-26)25-13-12-23-18-22(6-4-2)8-11-24(23)19-25/h3-4,6,9-10,14-17,20,22-25H,1,5,7-8,11-13,18-19H2,2H3/b6-4+. The fraction of sp³-hybridized carbons (Fsp3) is 0.433. The van der Waals surface area contributed by atoms with Crippen LogP contribution in [0, 0.1) is 23.6 Å². The predicted molar refractivity (Wildman–Crippen MR) is 132 cm³/mol. The third kappa shape index (κ3) is 5.82. The summed E-state index contributed by atoms with van der Waals surface area (Å²) in [6.45, 7) is 5.84. The Bertz CT molecular complexity index is 991. The van der Waals surface area contributed by atoms with Crippen molar-refractivity contribution in [3.8, 4) is 5.75 Å². The molecule has 0 radical (unpaired) electrons. The minimum absolute atomic E-state index is 0.248. The summed E-state index contributed by atoms with van der Waals surface area (Å²) < 4.78 is 20.5. The van der Waals surface area contributed by atoms with E-state index in [1.54, 1.807) is 24.3 Å². The Hall–Kier alpha value is -2.68. The zero-order chi connectivity index (χ0) is 23.2. The second kappa shape index (κ2) is 11.0. The van der Waals surface area contributed by atoms with Gasteiger partial charge in [-0.15, -0.1) is 6.58 Å². The van der Waals surface area contributed by atoms with Gasteiger partial charge in [0.2, 0.25) is 0 Å². The highest BCUT2D eigenvalue weighted by molar-refractivity contribution is 5.91. The van der Waals surface area contributed by atoms with Crippen LogP contribution >= 0.6 is 0 Å². The predicted octanol–water partition coefficient (Wildman–Crippen LogP) is 8.04. The molecular formula is C30H35FO2. The third-order valence-electron chi connectivity index (χ3n) is 7.57. The molecule has 33 heavy (non-hydrogen) atoms. The number of aryl methyl sites for hydroxylation is 1. The Morgan fingerprint density at radius 3 is 2.55 bits per heavy atom. The molecule has 0 aromatic heterocycles. The number of hydrogen-bond acceptors (Lipinski definition) is 2. The molecule has 0 N–H and O–H groups in total. The molecule has 174 valence electrons. The van der Waals surface area contributed by atoms with E-state index in [4.69, 9.17) is 4.74 Å². The van der Waals surface area contributed by atoms with E-state index in [9.17, 15) is 4.79 Å². The number of fused-ring (bicyclic) bond motifs is 1. The molecule has 2 aromatic rings. The normalized spacial score (nSPS) is 24.9. The highest BCUT2D eigenvalue weighted by Crippen LogP contribution is 2.48. The summed E-state index contributed by atoms with van der Waals surface area (Å²) in [5.41, 5.74) is 2.18. The first-order valence-corrected chi connectivity index (χ1v) is 12.4. The fourth-order valence-electron chi connectivity index (χ4n) is 5.80. The van der Waals surface area contributed by atoms with Crippen LogP contribution in [0.25, 0.3) is 0 Å². The quantitative estimate of drug-likeness (QED) is 0.244. The number of esters is 1. The lowest BCUT2D eigenvalue weighted by atomic mass is 9.64. The van der Waals surface area contributed by atoms with E-state index in [-0.39, 0.29) is 17.3 Å². The molecule has 0 heterocycles. The number of allylic oxidation sites excluding steroid dienone is 3. The number of ether oxygens (including phenoxy) is 1. The van der Waals surface area contributed by atoms with Crippen molar-refractivity contribution < 1.29 is 13.9 Å². The van der Waals surface area contributed by atoms with E-state index < -0.39 is 5.97 Å². The first-order chi connectivity index (χ1) is 16.1. The van der Waals surface area contributed by atoms with Gasteiger partial charge >= 0.3 is 5.97 Å². The van der Waals surface area contributed by atoms with Crippen molar-refractivity contribution in [3.63, 3.8) is 0 Å². The maximum Gasteiger partial charge on any atom is 0.343 e. The van der Waals surface area contributed by atoms with Gasteiger partial charge in [-0.25, -0.2) is 9.18 Å². The minimum Gasteiger partial charge on any atom is -0.423 e. The number of halogens is 1. The molecule has 0 aliphatic heterocycles. The highest BCUT2D eigenvalue weighted by Gasteiger charge is 2.36. The Kier molecular flexibility index (Phi) is 7.80. The number of rotatable bonds is 7. The largest absolute Gasteiger partial charge is 0.423 e. The number of hydrogen-bond donors (Lipinski definition) is 0. The van der Waals surface area contributed by atoms with Gasteiger partial charge in [-0.2, -0.15) is 0 Å². The molecule has 2 aromatic carbocycles. The Balaban J connectivity index is 1.37. The average molecular weight is 447 g/mol. The van der Waals surface area contributed by atoms with Crippen LogP contribution in [0.2, 0.25) is 0 Å². The van der Waals surface area contributed by atoms with Gasteiger partial charge < -0.3 is 4.74 Å². The summed E-state index contributed by atoms with van der Waals surface area (Å²) in [7, 11) is 0. The van der Waals surface area contributed by atoms with Crippen molar-refractivity contribution >= 4 is 5.97 Å². The van der Waals surface area contributed by atoms with E-state index >= 15 is 4.39 Å². The zero-order valence-corrected chi connectivity index (χ0v) is 19.6. The molecule has 2 aliphatic rings. The minimum atomic E-state index is -0.523. The summed E-state index contributed by atoms with van der Waals surface area (Å²) in [6.07, 6.45) is 15.3. The summed E-state index contributed by atoms with van der Waals surface area (Å²) >= 11 is 0. The Morgan fingerprint density at radius 1 is 1.06 bits per heavy atom. The first kappa shape index (κ1) is 23.5. The molecule has 0 spiro atoms. The molecule has 2 nitrogen and oxygen atoms in total. The fourth-order valence-corrected chi connectivity index (χ4v) is 5.80. The van der Waals surface area contributed by atoms with E-state index in [0.29, 0.717) is 11.7 Å². The van der Waals surface area contributed by atoms with Crippen LogP contribution in [0.4, 0.5) is 4.39 Å². The van der Waals surface area contributed by atoms with Crippen molar-refractivity contribution in [2.45, 2.75) is 64.2 Å². The Morgan fingerprint density at radius 2 is 1.82 bits per heavy atom. The molecule has 4 unspecified atom stereocenters. The number of benzene rings is 2. The van der Waals surface area contributed by atoms with Crippen molar-refractivity contribution in [3.05, 3.63) is 89.8 Å². The average Bonchev–Trinajstić information content (AvgIpc) is 2.83. The van der Waals surface area contributed by atoms with Crippen molar-refractivity contribution in [1.82, 2.24) is 0 Å². The van der Waals surface area contributed by atoms with Gasteiger partial charge in [-0.3, -0.25) is 0 Å². The van der Waals surface area contributed by atoms with Crippen LogP contribution < -0.4 is 4.74 Å². The van der Waals surface area contributed by atoms with Crippen LogP contribution in [0.15, 0.2) is 67.3 Å². The molecule has 2 fully saturated rings. The van der Waals surface area contributed by atoms with E-state index in [1.807, 2.05) is 18.2 Å². The molecule has 2 saturated carbocycles.